The van der Waals surface area contributed by atoms with Crippen molar-refractivity contribution < 1.29 is 9.53 Å². The lowest BCUT2D eigenvalue weighted by molar-refractivity contribution is 0.121. The quantitative estimate of drug-likeness (QED) is 0.528. The van der Waals surface area contributed by atoms with E-state index in [9.17, 15) is 4.79 Å². The number of rotatable bonds is 0. The largest absolute Gasteiger partial charge is 0.444 e. The van der Waals surface area contributed by atoms with Crippen LogP contribution in [0.5, 0.6) is 0 Å². The van der Waals surface area contributed by atoms with Crippen molar-refractivity contribution in [1.82, 2.24) is 4.90 Å². The van der Waals surface area contributed by atoms with Crippen molar-refractivity contribution in [1.29, 1.82) is 0 Å². The molecule has 3 atom stereocenters. The first-order valence-electron chi connectivity index (χ1n) is 5.00. The van der Waals surface area contributed by atoms with Gasteiger partial charge in [-0.15, -0.1) is 0 Å². The summed E-state index contributed by atoms with van der Waals surface area (Å²) in [4.78, 5) is 13.3. The molecule has 0 spiro atoms. The van der Waals surface area contributed by atoms with Gasteiger partial charge in [0.2, 0.25) is 0 Å². The van der Waals surface area contributed by atoms with Crippen LogP contribution in [-0.2, 0) is 4.74 Å². The molecule has 0 unspecified atom stereocenters. The van der Waals surface area contributed by atoms with Crippen molar-refractivity contribution in [3.63, 3.8) is 0 Å². The molecule has 3 nitrogen and oxygen atoms in total. The molecule has 0 saturated carbocycles. The predicted octanol–water partition coefficient (Wildman–Crippen LogP) is 1.55. The maximum atomic E-state index is 11.4. The van der Waals surface area contributed by atoms with Crippen LogP contribution >= 0.6 is 0 Å². The maximum absolute atomic E-state index is 11.4. The van der Waals surface area contributed by atoms with E-state index >= 15 is 0 Å². The van der Waals surface area contributed by atoms with Crippen LogP contribution in [0.3, 0.4) is 0 Å². The summed E-state index contributed by atoms with van der Waals surface area (Å²) in [5.74, 6) is 0.555. The van der Waals surface area contributed by atoms with Gasteiger partial charge in [0.05, 0.1) is 6.04 Å². The molecule has 2 saturated heterocycles. The lowest BCUT2D eigenvalue weighted by atomic mass is 9.82. The first-order chi connectivity index (χ1) is 6.36. The van der Waals surface area contributed by atoms with E-state index in [0.29, 0.717) is 12.0 Å². The molecule has 0 bridgehead atoms. The lowest BCUT2D eigenvalue weighted by Gasteiger charge is -2.36. The zero-order chi connectivity index (χ0) is 8.84. The third-order valence-electron chi connectivity index (χ3n) is 3.35. The molecular weight excluding hydrogens is 166 g/mol. The molecule has 70 valence electrons. The van der Waals surface area contributed by atoms with Crippen molar-refractivity contribution in [2.45, 2.75) is 31.4 Å². The number of amides is 1. The maximum Gasteiger partial charge on any atom is 0.410 e. The van der Waals surface area contributed by atoms with E-state index in [-0.39, 0.29) is 12.2 Å². The molecule has 1 aliphatic carbocycles. The first kappa shape index (κ1) is 7.42. The van der Waals surface area contributed by atoms with Gasteiger partial charge in [-0.2, -0.15) is 0 Å². The summed E-state index contributed by atoms with van der Waals surface area (Å²) >= 11 is 0. The van der Waals surface area contributed by atoms with Crippen LogP contribution in [0.4, 0.5) is 4.79 Å². The Kier molecular flexibility index (Phi) is 1.43. The standard InChI is InChI=1S/C10H13NO2/c12-10-11-6-2-4-7-3-1-5-8(13-10)9(7)11/h1,3,7-9H,2,4-6H2/t7-,8+,9-/m1/s1. The number of hydrogen-bond donors (Lipinski definition) is 0. The molecule has 0 aromatic heterocycles. The number of carbonyl (C=O) groups excluding carboxylic acids is 1. The van der Waals surface area contributed by atoms with Gasteiger partial charge in [-0.25, -0.2) is 4.79 Å². The Bertz CT molecular complexity index is 274. The first-order valence-corrected chi connectivity index (χ1v) is 5.00. The fourth-order valence-electron chi connectivity index (χ4n) is 2.79. The Morgan fingerprint density at radius 2 is 2.46 bits per heavy atom. The topological polar surface area (TPSA) is 29.5 Å². The fourth-order valence-corrected chi connectivity index (χ4v) is 2.79. The summed E-state index contributed by atoms with van der Waals surface area (Å²) in [5, 5.41) is 0. The summed E-state index contributed by atoms with van der Waals surface area (Å²) in [6, 6.07) is 0.353. The highest BCUT2D eigenvalue weighted by Crippen LogP contribution is 2.37. The van der Waals surface area contributed by atoms with Gasteiger partial charge >= 0.3 is 6.09 Å². The molecule has 13 heavy (non-hydrogen) atoms. The minimum absolute atomic E-state index is 0.0941. The molecular formula is C10H13NO2. The van der Waals surface area contributed by atoms with Gasteiger partial charge in [0.1, 0.15) is 6.10 Å². The summed E-state index contributed by atoms with van der Waals surface area (Å²) < 4.78 is 5.31. The summed E-state index contributed by atoms with van der Waals surface area (Å²) in [7, 11) is 0. The van der Waals surface area contributed by atoms with Gasteiger partial charge in [0, 0.05) is 18.9 Å². The second kappa shape index (κ2) is 2.50. The molecule has 2 fully saturated rings. The Morgan fingerprint density at radius 1 is 1.54 bits per heavy atom. The van der Waals surface area contributed by atoms with Gasteiger partial charge in [0.25, 0.3) is 0 Å². The number of nitrogens with zero attached hydrogens (tertiary/aromatic N) is 1. The molecule has 3 aliphatic rings. The lowest BCUT2D eigenvalue weighted by Crippen LogP contribution is -2.46. The van der Waals surface area contributed by atoms with Crippen LogP contribution in [-0.4, -0.2) is 29.7 Å². The van der Waals surface area contributed by atoms with Crippen LogP contribution in [0.15, 0.2) is 12.2 Å². The fraction of sp³-hybridized carbons (Fsp3) is 0.700. The SMILES string of the molecule is O=C1O[C@H]2CC=C[C@@H]3CCCN1[C@H]32. The summed E-state index contributed by atoms with van der Waals surface area (Å²) in [6.45, 7) is 0.893. The van der Waals surface area contributed by atoms with Gasteiger partial charge in [-0.1, -0.05) is 12.2 Å². The molecule has 3 rings (SSSR count). The Morgan fingerprint density at radius 3 is 3.38 bits per heavy atom. The highest BCUT2D eigenvalue weighted by atomic mass is 16.6. The van der Waals surface area contributed by atoms with Crippen molar-refractivity contribution in [2.75, 3.05) is 6.54 Å². The van der Waals surface area contributed by atoms with Crippen LogP contribution < -0.4 is 0 Å². The Hall–Kier alpha value is -0.990. The van der Waals surface area contributed by atoms with Crippen molar-refractivity contribution >= 4 is 6.09 Å². The zero-order valence-electron chi connectivity index (χ0n) is 7.48. The van der Waals surface area contributed by atoms with Crippen LogP contribution in [0, 0.1) is 5.92 Å². The van der Waals surface area contributed by atoms with E-state index in [1.165, 1.54) is 6.42 Å². The Labute approximate surface area is 77.4 Å². The minimum atomic E-state index is -0.0941. The number of ether oxygens (including phenoxy) is 1. The predicted molar refractivity (Wildman–Crippen MR) is 47.2 cm³/mol. The third-order valence-corrected chi connectivity index (χ3v) is 3.35. The average Bonchev–Trinajstić information content (AvgIpc) is 2.47. The summed E-state index contributed by atoms with van der Waals surface area (Å²) in [6.07, 6.45) is 7.70. The third kappa shape index (κ3) is 0.929. The van der Waals surface area contributed by atoms with Gasteiger partial charge in [-0.05, 0) is 12.8 Å². The molecule has 0 aromatic carbocycles. The van der Waals surface area contributed by atoms with E-state index in [1.807, 2.05) is 4.90 Å². The van der Waals surface area contributed by atoms with Crippen LogP contribution in [0.2, 0.25) is 0 Å². The second-order valence-electron chi connectivity index (χ2n) is 4.08. The molecule has 0 N–H and O–H groups in total. The van der Waals surface area contributed by atoms with Crippen LogP contribution in [0.1, 0.15) is 19.3 Å². The smallest absolute Gasteiger partial charge is 0.410 e. The van der Waals surface area contributed by atoms with E-state index in [4.69, 9.17) is 4.74 Å². The number of piperidine rings is 1. The second-order valence-corrected chi connectivity index (χ2v) is 4.08. The van der Waals surface area contributed by atoms with Crippen molar-refractivity contribution in [3.8, 4) is 0 Å². The summed E-state index contributed by atoms with van der Waals surface area (Å²) in [5.41, 5.74) is 0. The van der Waals surface area contributed by atoms with E-state index in [0.717, 1.165) is 19.4 Å². The molecule has 0 aromatic rings. The average molecular weight is 179 g/mol. The number of carbonyl (C=O) groups is 1. The van der Waals surface area contributed by atoms with Crippen LogP contribution in [0.25, 0.3) is 0 Å². The normalized spacial score (nSPS) is 41.7. The van der Waals surface area contributed by atoms with Gasteiger partial charge < -0.3 is 9.64 Å². The molecule has 1 amide bonds. The van der Waals surface area contributed by atoms with E-state index in [1.54, 1.807) is 0 Å². The molecule has 2 aliphatic heterocycles. The molecule has 2 heterocycles. The molecule has 0 radical (unpaired) electrons. The van der Waals surface area contributed by atoms with Gasteiger partial charge in [0.15, 0.2) is 0 Å². The minimum Gasteiger partial charge on any atom is -0.444 e. The van der Waals surface area contributed by atoms with E-state index < -0.39 is 0 Å². The zero-order valence-corrected chi connectivity index (χ0v) is 7.48. The highest BCUT2D eigenvalue weighted by Gasteiger charge is 2.47. The monoisotopic (exact) mass is 179 g/mol. The van der Waals surface area contributed by atoms with Crippen molar-refractivity contribution in [2.24, 2.45) is 5.92 Å². The van der Waals surface area contributed by atoms with Gasteiger partial charge in [-0.3, -0.25) is 0 Å². The van der Waals surface area contributed by atoms with Crippen molar-refractivity contribution in [3.05, 3.63) is 12.2 Å². The van der Waals surface area contributed by atoms with E-state index in [2.05, 4.69) is 12.2 Å². The Balaban J connectivity index is 1.96. The molecule has 3 heteroatoms. The number of hydrogen-bond acceptors (Lipinski definition) is 2. The highest BCUT2D eigenvalue weighted by molar-refractivity contribution is 5.71.